The molecule has 0 spiro atoms. The molecule has 5 heteroatoms. The van der Waals surface area contributed by atoms with E-state index in [1.165, 1.54) is 6.26 Å². The third-order valence-electron chi connectivity index (χ3n) is 3.26. The van der Waals surface area contributed by atoms with E-state index >= 15 is 0 Å². The van der Waals surface area contributed by atoms with Crippen LogP contribution in [-0.4, -0.2) is 26.0 Å². The van der Waals surface area contributed by atoms with E-state index in [9.17, 15) is 8.42 Å². The molecular weight excluding hydrogens is 314 g/mol. The van der Waals surface area contributed by atoms with Gasteiger partial charge in [0.1, 0.15) is 0 Å². The Morgan fingerprint density at radius 1 is 1.28 bits per heavy atom. The van der Waals surface area contributed by atoms with Crippen molar-refractivity contribution in [1.29, 1.82) is 0 Å². The minimum Gasteiger partial charge on any atom is -0.309 e. The van der Waals surface area contributed by atoms with Gasteiger partial charge in [0, 0.05) is 10.7 Å². The zero-order valence-electron chi connectivity index (χ0n) is 11.2. The van der Waals surface area contributed by atoms with Gasteiger partial charge in [-0.2, -0.15) is 0 Å². The highest BCUT2D eigenvalue weighted by atomic mass is 79.9. The van der Waals surface area contributed by atoms with Gasteiger partial charge in [-0.15, -0.1) is 0 Å². The molecule has 1 atom stereocenters. The van der Waals surface area contributed by atoms with Gasteiger partial charge in [-0.3, -0.25) is 0 Å². The van der Waals surface area contributed by atoms with E-state index < -0.39 is 14.6 Å². The smallest absolute Gasteiger partial charge is 0.154 e. The largest absolute Gasteiger partial charge is 0.309 e. The van der Waals surface area contributed by atoms with E-state index in [0.717, 1.165) is 16.6 Å². The van der Waals surface area contributed by atoms with Crippen molar-refractivity contribution in [2.24, 2.45) is 0 Å². The van der Waals surface area contributed by atoms with Crippen molar-refractivity contribution in [3.63, 3.8) is 0 Å². The van der Waals surface area contributed by atoms with Gasteiger partial charge in [0.25, 0.3) is 0 Å². The predicted octanol–water partition coefficient (Wildman–Crippen LogP) is 2.92. The molecule has 0 fully saturated rings. The maximum absolute atomic E-state index is 12.0. The maximum atomic E-state index is 12.0. The molecule has 0 heterocycles. The second-order valence-electron chi connectivity index (χ2n) is 4.92. The fourth-order valence-electron chi connectivity index (χ4n) is 1.84. The second-order valence-corrected chi connectivity index (χ2v) is 8.43. The highest BCUT2D eigenvalue weighted by Crippen LogP contribution is 2.32. The van der Waals surface area contributed by atoms with E-state index in [1.54, 1.807) is 13.8 Å². The Labute approximate surface area is 118 Å². The molecule has 0 bridgehead atoms. The van der Waals surface area contributed by atoms with Crippen LogP contribution in [-0.2, 0) is 9.84 Å². The highest BCUT2D eigenvalue weighted by molar-refractivity contribution is 9.10. The van der Waals surface area contributed by atoms with Gasteiger partial charge in [0.15, 0.2) is 9.84 Å². The van der Waals surface area contributed by atoms with Gasteiger partial charge >= 0.3 is 0 Å². The number of hydrogen-bond acceptors (Lipinski definition) is 3. The molecule has 18 heavy (non-hydrogen) atoms. The van der Waals surface area contributed by atoms with Crippen LogP contribution in [0.15, 0.2) is 28.7 Å². The predicted molar refractivity (Wildman–Crippen MR) is 79.5 cm³/mol. The summed E-state index contributed by atoms with van der Waals surface area (Å²) >= 11 is 3.38. The summed E-state index contributed by atoms with van der Waals surface area (Å²) in [6.45, 7) is 6.22. The topological polar surface area (TPSA) is 46.2 Å². The van der Waals surface area contributed by atoms with Crippen molar-refractivity contribution < 1.29 is 8.42 Å². The molecule has 0 aliphatic carbocycles. The van der Waals surface area contributed by atoms with Crippen molar-refractivity contribution in [1.82, 2.24) is 5.32 Å². The number of rotatable bonds is 5. The van der Waals surface area contributed by atoms with Crippen LogP contribution in [0.25, 0.3) is 0 Å². The quantitative estimate of drug-likeness (QED) is 0.901. The first-order valence-electron chi connectivity index (χ1n) is 5.88. The number of nitrogens with one attached hydrogen (secondary N) is 1. The third kappa shape index (κ3) is 3.33. The molecule has 0 amide bonds. The second kappa shape index (κ2) is 5.72. The average Bonchev–Trinajstić information content (AvgIpc) is 2.25. The fraction of sp³-hybridized carbons (Fsp3) is 0.538. The van der Waals surface area contributed by atoms with Crippen molar-refractivity contribution in [2.75, 3.05) is 12.8 Å². The summed E-state index contributed by atoms with van der Waals surface area (Å²) in [5.41, 5.74) is 0.982. The summed E-state index contributed by atoms with van der Waals surface area (Å²) in [6, 6.07) is 7.54. The van der Waals surface area contributed by atoms with Crippen LogP contribution in [0.1, 0.15) is 32.4 Å². The van der Waals surface area contributed by atoms with E-state index in [-0.39, 0.29) is 6.04 Å². The number of hydrogen-bond donors (Lipinski definition) is 1. The lowest BCUT2D eigenvalue weighted by Gasteiger charge is -2.33. The van der Waals surface area contributed by atoms with E-state index in [4.69, 9.17) is 0 Å². The Bertz CT molecular complexity index is 494. The number of benzene rings is 1. The monoisotopic (exact) mass is 333 g/mol. The van der Waals surface area contributed by atoms with Crippen molar-refractivity contribution in [2.45, 2.75) is 31.6 Å². The maximum Gasteiger partial charge on any atom is 0.154 e. The van der Waals surface area contributed by atoms with Crippen LogP contribution in [0, 0.1) is 0 Å². The summed E-state index contributed by atoms with van der Waals surface area (Å²) in [7, 11) is -3.16. The minimum absolute atomic E-state index is 0.217. The molecule has 0 aliphatic rings. The molecular formula is C13H20BrNO2S. The van der Waals surface area contributed by atoms with Gasteiger partial charge in [-0.25, -0.2) is 8.42 Å². The van der Waals surface area contributed by atoms with Crippen molar-refractivity contribution in [3.05, 3.63) is 34.3 Å². The summed E-state index contributed by atoms with van der Waals surface area (Å²) in [5.74, 6) is 0. The first kappa shape index (κ1) is 15.7. The van der Waals surface area contributed by atoms with Gasteiger partial charge in [0.05, 0.1) is 10.8 Å². The zero-order valence-corrected chi connectivity index (χ0v) is 13.6. The van der Waals surface area contributed by atoms with Gasteiger partial charge in [-0.1, -0.05) is 35.0 Å². The summed E-state index contributed by atoms with van der Waals surface area (Å²) in [4.78, 5) is 0. The van der Waals surface area contributed by atoms with E-state index in [1.807, 2.05) is 31.2 Å². The minimum atomic E-state index is -3.16. The molecule has 1 rings (SSSR count). The van der Waals surface area contributed by atoms with E-state index in [2.05, 4.69) is 21.2 Å². The first-order chi connectivity index (χ1) is 8.20. The van der Waals surface area contributed by atoms with Crippen LogP contribution >= 0.6 is 15.9 Å². The van der Waals surface area contributed by atoms with E-state index in [0.29, 0.717) is 0 Å². The highest BCUT2D eigenvalue weighted by Gasteiger charge is 2.39. The van der Waals surface area contributed by atoms with Gasteiger partial charge < -0.3 is 5.32 Å². The third-order valence-corrected chi connectivity index (χ3v) is 5.94. The van der Waals surface area contributed by atoms with Crippen LogP contribution in [0.5, 0.6) is 0 Å². The lowest BCUT2D eigenvalue weighted by atomic mass is 9.95. The summed E-state index contributed by atoms with van der Waals surface area (Å²) in [5, 5.41) is 3.27. The summed E-state index contributed by atoms with van der Waals surface area (Å²) < 4.78 is 24.1. The van der Waals surface area contributed by atoms with Crippen LogP contribution < -0.4 is 5.32 Å². The molecule has 0 aliphatic heterocycles. The lowest BCUT2D eigenvalue weighted by molar-refractivity contribution is 0.428. The van der Waals surface area contributed by atoms with Crippen LogP contribution in [0.4, 0.5) is 0 Å². The Balaban J connectivity index is 3.22. The number of halogens is 1. The molecule has 1 unspecified atom stereocenters. The fourth-order valence-corrected chi connectivity index (χ4v) is 2.75. The Kier molecular flexibility index (Phi) is 4.98. The zero-order chi connectivity index (χ0) is 14.0. The average molecular weight is 334 g/mol. The van der Waals surface area contributed by atoms with Crippen molar-refractivity contribution in [3.8, 4) is 0 Å². The molecule has 0 saturated carbocycles. The molecule has 0 aromatic heterocycles. The number of sulfone groups is 1. The molecule has 0 radical (unpaired) electrons. The Hall–Kier alpha value is -0.390. The molecule has 1 aromatic carbocycles. The molecule has 0 saturated heterocycles. The van der Waals surface area contributed by atoms with Gasteiger partial charge in [0.2, 0.25) is 0 Å². The molecule has 3 nitrogen and oxygen atoms in total. The standard InChI is InChI=1S/C13H20BrNO2S/c1-5-15-12(13(2,3)18(4,16)17)10-6-8-11(14)9-7-10/h6-9,12,15H,5H2,1-4H3. The normalized spacial score (nSPS) is 14.5. The molecule has 102 valence electrons. The SMILES string of the molecule is CCNC(c1ccc(Br)cc1)C(C)(C)S(C)(=O)=O. The molecule has 1 N–H and O–H groups in total. The lowest BCUT2D eigenvalue weighted by Crippen LogP contribution is -2.44. The van der Waals surface area contributed by atoms with Crippen LogP contribution in [0.3, 0.4) is 0 Å². The van der Waals surface area contributed by atoms with Crippen molar-refractivity contribution >= 4 is 25.8 Å². The first-order valence-corrected chi connectivity index (χ1v) is 8.57. The summed E-state index contributed by atoms with van der Waals surface area (Å²) in [6.07, 6.45) is 1.29. The Morgan fingerprint density at radius 3 is 2.17 bits per heavy atom. The molecule has 1 aromatic rings. The van der Waals surface area contributed by atoms with Gasteiger partial charge in [-0.05, 0) is 38.1 Å². The Morgan fingerprint density at radius 2 is 1.78 bits per heavy atom. The van der Waals surface area contributed by atoms with Crippen LogP contribution in [0.2, 0.25) is 0 Å².